The molecule has 0 amide bonds. The minimum atomic E-state index is 0.555. The number of piperazine rings is 1. The number of hydrogen-bond donors (Lipinski definition) is 1. The highest BCUT2D eigenvalue weighted by Gasteiger charge is 2.27. The van der Waals surface area contributed by atoms with Crippen LogP contribution in [0.2, 0.25) is 0 Å². The molecule has 1 fully saturated rings. The van der Waals surface area contributed by atoms with Gasteiger partial charge in [-0.3, -0.25) is 0 Å². The van der Waals surface area contributed by atoms with Crippen molar-refractivity contribution in [1.29, 1.82) is 0 Å². The third-order valence-electron chi connectivity index (χ3n) is 4.68. The van der Waals surface area contributed by atoms with Crippen LogP contribution in [0.25, 0.3) is 11.1 Å². The first-order valence-corrected chi connectivity index (χ1v) is 8.12. The van der Waals surface area contributed by atoms with Crippen molar-refractivity contribution in [3.8, 4) is 16.9 Å². The van der Waals surface area contributed by atoms with E-state index in [0.717, 1.165) is 38.4 Å². The fraction of sp³-hybridized carbons (Fsp3) is 0.368. The predicted octanol–water partition coefficient (Wildman–Crippen LogP) is 3.22. The molecule has 0 radical (unpaired) electrons. The van der Waals surface area contributed by atoms with Crippen molar-refractivity contribution >= 4 is 5.69 Å². The maximum absolute atomic E-state index is 6.06. The van der Waals surface area contributed by atoms with Crippen LogP contribution in [-0.2, 0) is 0 Å². The van der Waals surface area contributed by atoms with Crippen molar-refractivity contribution in [2.24, 2.45) is 0 Å². The van der Waals surface area contributed by atoms with E-state index in [2.05, 4.69) is 59.6 Å². The normalized spacial score (nSPS) is 20.6. The van der Waals surface area contributed by atoms with Gasteiger partial charge in [0.2, 0.25) is 0 Å². The van der Waals surface area contributed by atoms with Gasteiger partial charge in [0.1, 0.15) is 5.75 Å². The lowest BCUT2D eigenvalue weighted by molar-refractivity contribution is 0.304. The highest BCUT2D eigenvalue weighted by atomic mass is 16.5. The monoisotopic (exact) mass is 294 g/mol. The van der Waals surface area contributed by atoms with Gasteiger partial charge >= 0.3 is 0 Å². The lowest BCUT2D eigenvalue weighted by Gasteiger charge is -2.36. The molecule has 0 spiro atoms. The highest BCUT2D eigenvalue weighted by molar-refractivity contribution is 5.72. The van der Waals surface area contributed by atoms with Gasteiger partial charge in [0.05, 0.1) is 12.3 Å². The van der Waals surface area contributed by atoms with Gasteiger partial charge in [-0.05, 0) is 30.2 Å². The fourth-order valence-corrected chi connectivity index (χ4v) is 3.51. The van der Waals surface area contributed by atoms with E-state index in [0.29, 0.717) is 6.04 Å². The molecule has 2 aliphatic heterocycles. The molecule has 3 heteroatoms. The third kappa shape index (κ3) is 2.46. The molecule has 1 N–H and O–H groups in total. The number of hydrogen-bond acceptors (Lipinski definition) is 3. The number of aryl methyl sites for hydroxylation is 1. The Labute approximate surface area is 131 Å². The molecule has 2 aliphatic rings. The summed E-state index contributed by atoms with van der Waals surface area (Å²) in [5, 5.41) is 3.49. The highest BCUT2D eigenvalue weighted by Crippen LogP contribution is 2.37. The van der Waals surface area contributed by atoms with E-state index in [9.17, 15) is 0 Å². The van der Waals surface area contributed by atoms with E-state index in [1.807, 2.05) is 0 Å². The molecule has 4 rings (SSSR count). The van der Waals surface area contributed by atoms with Gasteiger partial charge in [-0.1, -0.05) is 35.9 Å². The second-order valence-corrected chi connectivity index (χ2v) is 6.24. The molecule has 0 aromatic heterocycles. The van der Waals surface area contributed by atoms with Crippen molar-refractivity contribution < 1.29 is 4.74 Å². The van der Waals surface area contributed by atoms with Gasteiger partial charge < -0.3 is 15.0 Å². The fourth-order valence-electron chi connectivity index (χ4n) is 3.51. The summed E-state index contributed by atoms with van der Waals surface area (Å²) in [6.45, 7) is 6.10. The first-order valence-electron chi connectivity index (χ1n) is 8.12. The average Bonchev–Trinajstić information content (AvgIpc) is 2.73. The van der Waals surface area contributed by atoms with Crippen molar-refractivity contribution in [3.63, 3.8) is 0 Å². The van der Waals surface area contributed by atoms with E-state index in [4.69, 9.17) is 4.74 Å². The molecule has 0 aliphatic carbocycles. The summed E-state index contributed by atoms with van der Waals surface area (Å²) in [4.78, 5) is 2.51. The van der Waals surface area contributed by atoms with Crippen molar-refractivity contribution in [2.45, 2.75) is 19.4 Å². The Hall–Kier alpha value is -2.00. The van der Waals surface area contributed by atoms with Crippen LogP contribution in [-0.4, -0.2) is 32.3 Å². The van der Waals surface area contributed by atoms with Crippen LogP contribution in [0.15, 0.2) is 42.5 Å². The summed E-state index contributed by atoms with van der Waals surface area (Å²) < 4.78 is 6.06. The number of nitrogens with one attached hydrogen (secondary N) is 1. The lowest BCUT2D eigenvalue weighted by Crippen LogP contribution is -2.51. The van der Waals surface area contributed by atoms with E-state index in [-0.39, 0.29) is 0 Å². The standard InChI is InChI=1S/C19H22N2O/c1-14-3-2-4-15(11-14)16-5-6-18-19(12-16)22-10-7-17-13-20-8-9-21(17)18/h2-6,11-12,17,20H,7-10,13H2,1H3/t17-/m0/s1. The van der Waals surface area contributed by atoms with E-state index >= 15 is 0 Å². The first-order chi connectivity index (χ1) is 10.8. The van der Waals surface area contributed by atoms with Crippen molar-refractivity contribution in [1.82, 2.24) is 5.32 Å². The van der Waals surface area contributed by atoms with E-state index < -0.39 is 0 Å². The Morgan fingerprint density at radius 3 is 2.95 bits per heavy atom. The van der Waals surface area contributed by atoms with Gasteiger partial charge in [0.15, 0.2) is 0 Å². The summed E-state index contributed by atoms with van der Waals surface area (Å²) in [6, 6.07) is 15.9. The Bertz CT molecular complexity index is 683. The molecule has 1 atom stereocenters. The Morgan fingerprint density at radius 1 is 1.14 bits per heavy atom. The maximum Gasteiger partial charge on any atom is 0.143 e. The molecule has 3 nitrogen and oxygen atoms in total. The minimum Gasteiger partial charge on any atom is -0.491 e. The Balaban J connectivity index is 1.73. The number of ether oxygens (including phenoxy) is 1. The summed E-state index contributed by atoms with van der Waals surface area (Å²) in [5.74, 6) is 1.03. The zero-order valence-corrected chi connectivity index (χ0v) is 13.0. The topological polar surface area (TPSA) is 24.5 Å². The largest absolute Gasteiger partial charge is 0.491 e. The van der Waals surface area contributed by atoms with Crippen LogP contribution in [0, 0.1) is 6.92 Å². The molecule has 0 saturated carbocycles. The van der Waals surface area contributed by atoms with Crippen LogP contribution in [0.1, 0.15) is 12.0 Å². The molecule has 0 unspecified atom stereocenters. The number of fused-ring (bicyclic) bond motifs is 3. The minimum absolute atomic E-state index is 0.555. The summed E-state index contributed by atoms with van der Waals surface area (Å²) >= 11 is 0. The summed E-state index contributed by atoms with van der Waals surface area (Å²) in [6.07, 6.45) is 1.08. The Morgan fingerprint density at radius 2 is 2.05 bits per heavy atom. The van der Waals surface area contributed by atoms with Gasteiger partial charge in [0, 0.05) is 32.1 Å². The molecular weight excluding hydrogens is 272 g/mol. The third-order valence-corrected chi connectivity index (χ3v) is 4.68. The van der Waals surface area contributed by atoms with Crippen LogP contribution < -0.4 is 15.0 Å². The van der Waals surface area contributed by atoms with Gasteiger partial charge in [0.25, 0.3) is 0 Å². The number of nitrogens with zero attached hydrogens (tertiary/aromatic N) is 1. The molecule has 114 valence electrons. The molecule has 2 aromatic rings. The van der Waals surface area contributed by atoms with Crippen LogP contribution in [0.5, 0.6) is 5.75 Å². The smallest absolute Gasteiger partial charge is 0.143 e. The zero-order valence-electron chi connectivity index (χ0n) is 13.0. The number of rotatable bonds is 1. The predicted molar refractivity (Wildman–Crippen MR) is 90.7 cm³/mol. The van der Waals surface area contributed by atoms with Gasteiger partial charge in [-0.25, -0.2) is 0 Å². The molecular formula is C19H22N2O. The molecule has 22 heavy (non-hydrogen) atoms. The molecule has 1 saturated heterocycles. The lowest BCUT2D eigenvalue weighted by atomic mass is 10.0. The number of anilines is 1. The molecule has 2 heterocycles. The van der Waals surface area contributed by atoms with E-state index in [1.54, 1.807) is 0 Å². The van der Waals surface area contributed by atoms with Crippen molar-refractivity contribution in [2.75, 3.05) is 31.1 Å². The Kier molecular flexibility index (Phi) is 3.51. The van der Waals surface area contributed by atoms with Gasteiger partial charge in [-0.15, -0.1) is 0 Å². The van der Waals surface area contributed by atoms with Crippen molar-refractivity contribution in [3.05, 3.63) is 48.0 Å². The second-order valence-electron chi connectivity index (χ2n) is 6.24. The molecule has 0 bridgehead atoms. The van der Waals surface area contributed by atoms with Crippen LogP contribution in [0.4, 0.5) is 5.69 Å². The van der Waals surface area contributed by atoms with Crippen LogP contribution >= 0.6 is 0 Å². The summed E-state index contributed by atoms with van der Waals surface area (Å²) in [5.41, 5.74) is 5.03. The van der Waals surface area contributed by atoms with Gasteiger partial charge in [-0.2, -0.15) is 0 Å². The van der Waals surface area contributed by atoms with E-state index in [1.165, 1.54) is 22.4 Å². The molecule has 2 aromatic carbocycles. The quantitative estimate of drug-likeness (QED) is 0.874. The zero-order chi connectivity index (χ0) is 14.9. The van der Waals surface area contributed by atoms with Crippen LogP contribution in [0.3, 0.4) is 0 Å². The summed E-state index contributed by atoms with van der Waals surface area (Å²) in [7, 11) is 0. The maximum atomic E-state index is 6.06. The second kappa shape index (κ2) is 5.65. The number of benzene rings is 2. The SMILES string of the molecule is Cc1cccc(-c2ccc3c(c2)OCC[C@H]2CNCCN32)c1. The average molecular weight is 294 g/mol. The first kappa shape index (κ1) is 13.6.